The molecular formula is C44H37F3N4O3S. The maximum Gasteiger partial charge on any atom is 0.435 e. The highest BCUT2D eigenvalue weighted by atomic mass is 32.2. The third-order valence-corrected chi connectivity index (χ3v) is 11.4. The molecule has 0 aliphatic carbocycles. The lowest BCUT2D eigenvalue weighted by atomic mass is 9.77. The molecule has 55 heavy (non-hydrogen) atoms. The molecule has 0 spiro atoms. The predicted octanol–water partition coefficient (Wildman–Crippen LogP) is 9.41. The van der Waals surface area contributed by atoms with Gasteiger partial charge < -0.3 is 9.64 Å². The fourth-order valence-electron chi connectivity index (χ4n) is 7.65. The summed E-state index contributed by atoms with van der Waals surface area (Å²) in [6.07, 6.45) is 0.973. The number of anilines is 1. The Hall–Kier alpha value is -5.94. The molecule has 1 saturated heterocycles. The molecule has 1 aliphatic heterocycles. The number of piperidine rings is 1. The molecule has 1 fully saturated rings. The summed E-state index contributed by atoms with van der Waals surface area (Å²) in [5, 5.41) is 5.17. The van der Waals surface area contributed by atoms with Crippen molar-refractivity contribution in [1.82, 2.24) is 14.8 Å². The highest BCUT2D eigenvalue weighted by Crippen LogP contribution is 2.45. The molecule has 7 nitrogen and oxygen atoms in total. The highest BCUT2D eigenvalue weighted by molar-refractivity contribution is 7.90. The number of fused-ring (bicyclic) bond motifs is 1. The molecule has 1 aliphatic rings. The monoisotopic (exact) mass is 758 g/mol. The number of alkyl halides is 3. The van der Waals surface area contributed by atoms with Gasteiger partial charge in [-0.25, -0.2) is 8.42 Å². The number of halogens is 3. The largest absolute Gasteiger partial charge is 0.490 e. The second-order valence-electron chi connectivity index (χ2n) is 13.8. The molecule has 0 saturated carbocycles. The number of nitrogens with zero attached hydrogens (tertiary/aromatic N) is 4. The van der Waals surface area contributed by atoms with Crippen LogP contribution in [0.25, 0.3) is 22.0 Å². The molecule has 0 N–H and O–H groups in total. The molecule has 5 aromatic carbocycles. The number of aromatic nitrogens is 3. The van der Waals surface area contributed by atoms with Gasteiger partial charge in [0.25, 0.3) is 0 Å². The summed E-state index contributed by atoms with van der Waals surface area (Å²) >= 11 is 0. The highest BCUT2D eigenvalue weighted by Gasteiger charge is 2.44. The van der Waals surface area contributed by atoms with E-state index in [9.17, 15) is 8.42 Å². The molecule has 0 unspecified atom stereocenters. The Morgan fingerprint density at radius 3 is 1.82 bits per heavy atom. The van der Waals surface area contributed by atoms with E-state index in [-0.39, 0.29) is 16.6 Å². The van der Waals surface area contributed by atoms with Crippen LogP contribution in [0.2, 0.25) is 0 Å². The Morgan fingerprint density at radius 2 is 1.29 bits per heavy atom. The van der Waals surface area contributed by atoms with E-state index in [4.69, 9.17) is 4.74 Å². The fraction of sp³-hybridized carbons (Fsp3) is 0.182. The molecular weight excluding hydrogens is 722 g/mol. The van der Waals surface area contributed by atoms with Gasteiger partial charge in [0.2, 0.25) is 0 Å². The normalized spacial score (nSPS) is 14.3. The van der Waals surface area contributed by atoms with E-state index in [1.807, 2.05) is 97.1 Å². The lowest BCUT2D eigenvalue weighted by Crippen LogP contribution is -2.38. The molecule has 7 aromatic rings. The number of pyridine rings is 1. The van der Waals surface area contributed by atoms with Crippen LogP contribution in [0.1, 0.15) is 35.2 Å². The third-order valence-electron chi connectivity index (χ3n) is 10.3. The van der Waals surface area contributed by atoms with Crippen molar-refractivity contribution < 1.29 is 26.3 Å². The van der Waals surface area contributed by atoms with E-state index in [1.165, 1.54) is 17.1 Å². The maximum absolute atomic E-state index is 15.2. The first-order valence-corrected chi connectivity index (χ1v) is 19.9. The minimum absolute atomic E-state index is 0.0367. The number of sulfone groups is 1. The van der Waals surface area contributed by atoms with Crippen LogP contribution >= 0.6 is 0 Å². The second kappa shape index (κ2) is 14.4. The van der Waals surface area contributed by atoms with E-state index in [2.05, 4.69) is 15.0 Å². The Kier molecular flexibility index (Phi) is 9.42. The van der Waals surface area contributed by atoms with E-state index in [1.54, 1.807) is 48.7 Å². The predicted molar refractivity (Wildman–Crippen MR) is 208 cm³/mol. The quantitative estimate of drug-likeness (QED) is 0.137. The van der Waals surface area contributed by atoms with E-state index in [0.717, 1.165) is 27.8 Å². The SMILES string of the molecule is CS(=O)(=O)c1ccc(OC2CCN(c3ccnc4ccc(-c5cn(C(c6ccccc6)(c6ccccc6)c6ccccc6)nc5C(F)(F)F)cc34)CC2)cc1. The van der Waals surface area contributed by atoms with E-state index >= 15 is 13.2 Å². The number of benzene rings is 5. The van der Waals surface area contributed by atoms with Gasteiger partial charge in [-0.1, -0.05) is 97.1 Å². The zero-order valence-corrected chi connectivity index (χ0v) is 30.7. The summed E-state index contributed by atoms with van der Waals surface area (Å²) in [7, 11) is -3.31. The van der Waals surface area contributed by atoms with Crippen LogP contribution < -0.4 is 9.64 Å². The van der Waals surface area contributed by atoms with Crippen LogP contribution in [0, 0.1) is 0 Å². The van der Waals surface area contributed by atoms with Gasteiger partial charge >= 0.3 is 6.18 Å². The maximum atomic E-state index is 15.2. The van der Waals surface area contributed by atoms with Gasteiger partial charge in [0.1, 0.15) is 17.4 Å². The van der Waals surface area contributed by atoms with Gasteiger partial charge in [-0.05, 0) is 64.7 Å². The molecule has 0 atom stereocenters. The summed E-state index contributed by atoms with van der Waals surface area (Å²) in [6.45, 7) is 1.30. The lowest BCUT2D eigenvalue weighted by Gasteiger charge is -2.36. The van der Waals surface area contributed by atoms with Crippen molar-refractivity contribution in [3.05, 3.63) is 174 Å². The first-order chi connectivity index (χ1) is 26.5. The summed E-state index contributed by atoms with van der Waals surface area (Å²) < 4.78 is 76.8. The van der Waals surface area contributed by atoms with Crippen molar-refractivity contribution >= 4 is 26.4 Å². The van der Waals surface area contributed by atoms with Gasteiger partial charge in [-0.15, -0.1) is 0 Å². The minimum atomic E-state index is -4.75. The van der Waals surface area contributed by atoms with Crippen molar-refractivity contribution in [1.29, 1.82) is 0 Å². The van der Waals surface area contributed by atoms with Crippen molar-refractivity contribution in [2.75, 3.05) is 24.2 Å². The molecule has 278 valence electrons. The van der Waals surface area contributed by atoms with Crippen LogP contribution in [0.4, 0.5) is 18.9 Å². The molecule has 2 aromatic heterocycles. The average molecular weight is 759 g/mol. The Morgan fingerprint density at radius 1 is 0.727 bits per heavy atom. The van der Waals surface area contributed by atoms with Gasteiger partial charge in [0, 0.05) is 61.2 Å². The molecule has 3 heterocycles. The summed E-state index contributed by atoms with van der Waals surface area (Å²) in [5.74, 6) is 0.599. The van der Waals surface area contributed by atoms with Crippen molar-refractivity contribution in [3.63, 3.8) is 0 Å². The Bertz CT molecular complexity index is 2440. The van der Waals surface area contributed by atoms with Gasteiger partial charge in [-0.3, -0.25) is 9.67 Å². The van der Waals surface area contributed by atoms with E-state index < -0.39 is 27.2 Å². The van der Waals surface area contributed by atoms with Crippen LogP contribution in [0.15, 0.2) is 157 Å². The van der Waals surface area contributed by atoms with Gasteiger partial charge in [0.15, 0.2) is 15.5 Å². The van der Waals surface area contributed by atoms with Crippen LogP contribution in [0.5, 0.6) is 5.75 Å². The topological polar surface area (TPSA) is 77.3 Å². The van der Waals surface area contributed by atoms with Crippen LogP contribution in [0.3, 0.4) is 0 Å². The average Bonchev–Trinajstić information content (AvgIpc) is 3.66. The first-order valence-electron chi connectivity index (χ1n) is 18.0. The number of hydrogen-bond acceptors (Lipinski definition) is 6. The number of ether oxygens (including phenoxy) is 1. The molecule has 8 rings (SSSR count). The molecule has 0 radical (unpaired) electrons. The zero-order valence-electron chi connectivity index (χ0n) is 29.9. The molecule has 0 amide bonds. The molecule has 11 heteroatoms. The number of rotatable bonds is 9. The van der Waals surface area contributed by atoms with Gasteiger partial charge in [0.05, 0.1) is 10.4 Å². The summed E-state index contributed by atoms with van der Waals surface area (Å²) in [4.78, 5) is 7.00. The minimum Gasteiger partial charge on any atom is -0.490 e. The number of hydrogen-bond donors (Lipinski definition) is 0. The lowest BCUT2D eigenvalue weighted by molar-refractivity contribution is -0.141. The summed E-state index contributed by atoms with van der Waals surface area (Å²) in [5.41, 5.74) is 1.95. The van der Waals surface area contributed by atoms with Crippen molar-refractivity contribution in [2.24, 2.45) is 0 Å². The third kappa shape index (κ3) is 6.96. The Balaban J connectivity index is 1.18. The van der Waals surface area contributed by atoms with Crippen LogP contribution in [-0.4, -0.2) is 48.6 Å². The van der Waals surface area contributed by atoms with Gasteiger partial charge in [-0.2, -0.15) is 18.3 Å². The standard InChI is InChI=1S/C44H37F3N4O3S/c1-55(52,53)37-20-18-35(19-21-37)54-36-24-27-50(28-25-36)41-23-26-48-40-22-17-31(29-38(40)41)39-30-51(49-42(39)44(45,46)47)43(32-11-5-2-6-12-32,33-13-7-3-8-14-33)34-15-9-4-10-16-34/h2-23,26,29-30,36H,24-25,27-28H2,1H3. The van der Waals surface area contributed by atoms with E-state index in [0.29, 0.717) is 42.8 Å². The van der Waals surface area contributed by atoms with Crippen LogP contribution in [-0.2, 0) is 21.6 Å². The first kappa shape index (κ1) is 36.1. The van der Waals surface area contributed by atoms with Crippen molar-refractivity contribution in [3.8, 4) is 16.9 Å². The summed E-state index contributed by atoms with van der Waals surface area (Å²) in [6, 6.07) is 42.1. The smallest absolute Gasteiger partial charge is 0.435 e. The zero-order chi connectivity index (χ0) is 38.2. The fourth-order valence-corrected chi connectivity index (χ4v) is 8.28. The Labute approximate surface area is 317 Å². The molecule has 0 bridgehead atoms. The second-order valence-corrected chi connectivity index (χ2v) is 15.8. The van der Waals surface area contributed by atoms with Crippen molar-refractivity contribution in [2.45, 2.75) is 35.6 Å².